The molecule has 0 N–H and O–H groups in total. The molecule has 10 aromatic rings. The Morgan fingerprint density at radius 3 is 1.76 bits per heavy atom. The van der Waals surface area contributed by atoms with E-state index in [1.807, 2.05) is 78.9 Å². The van der Waals surface area contributed by atoms with E-state index in [1.54, 1.807) is 0 Å². The first-order valence-electron chi connectivity index (χ1n) is 14.9. The maximum Gasteiger partial charge on any atom is 0.238 e. The van der Waals surface area contributed by atoms with Crippen LogP contribution >= 0.6 is 0 Å². The predicted molar refractivity (Wildman–Crippen MR) is 180 cm³/mol. The summed E-state index contributed by atoms with van der Waals surface area (Å²) < 4.78 is 14.6. The quantitative estimate of drug-likeness (QED) is 0.209. The molecule has 6 aromatic carbocycles. The number of nitrogens with zero attached hydrogens (tertiary/aromatic N) is 4. The van der Waals surface area contributed by atoms with Crippen LogP contribution in [0.15, 0.2) is 142 Å². The summed E-state index contributed by atoms with van der Waals surface area (Å²) in [5.41, 5.74) is 7.14. The van der Waals surface area contributed by atoms with Crippen molar-refractivity contribution < 1.29 is 8.83 Å². The second-order valence-corrected chi connectivity index (χ2v) is 11.3. The number of para-hydroxylation sites is 3. The lowest BCUT2D eigenvalue weighted by molar-refractivity contribution is 0.669. The van der Waals surface area contributed by atoms with Crippen LogP contribution in [-0.2, 0) is 0 Å². The summed E-state index contributed by atoms with van der Waals surface area (Å²) in [4.78, 5) is 15.2. The van der Waals surface area contributed by atoms with E-state index in [-0.39, 0.29) is 0 Å². The molecule has 6 nitrogen and oxygen atoms in total. The van der Waals surface area contributed by atoms with Gasteiger partial charge in [-0.2, -0.15) is 9.97 Å². The van der Waals surface area contributed by atoms with Gasteiger partial charge in [-0.15, -0.1) is 0 Å². The van der Waals surface area contributed by atoms with E-state index < -0.39 is 0 Å². The third-order valence-electron chi connectivity index (χ3n) is 8.66. The number of furan rings is 2. The molecule has 0 saturated carbocycles. The van der Waals surface area contributed by atoms with Gasteiger partial charge in [0, 0.05) is 43.4 Å². The van der Waals surface area contributed by atoms with Gasteiger partial charge in [0.1, 0.15) is 22.3 Å². The molecule has 0 spiro atoms. The van der Waals surface area contributed by atoms with Crippen LogP contribution in [0, 0.1) is 0 Å². The average molecular weight is 579 g/mol. The smallest absolute Gasteiger partial charge is 0.238 e. The fraction of sp³-hybridized carbons (Fsp3) is 0. The van der Waals surface area contributed by atoms with Gasteiger partial charge in [0.2, 0.25) is 5.95 Å². The van der Waals surface area contributed by atoms with Crippen molar-refractivity contribution in [2.24, 2.45) is 0 Å². The van der Waals surface area contributed by atoms with Crippen molar-refractivity contribution >= 4 is 65.7 Å². The summed E-state index contributed by atoms with van der Waals surface area (Å²) in [5, 5.41) is 6.45. The molecule has 210 valence electrons. The molecule has 0 atom stereocenters. The Kier molecular flexibility index (Phi) is 4.90. The lowest BCUT2D eigenvalue weighted by atomic mass is 10.1. The van der Waals surface area contributed by atoms with Crippen LogP contribution in [-0.4, -0.2) is 19.5 Å². The van der Waals surface area contributed by atoms with Gasteiger partial charge in [-0.3, -0.25) is 4.57 Å². The zero-order valence-corrected chi connectivity index (χ0v) is 23.8. The van der Waals surface area contributed by atoms with Gasteiger partial charge in [0.25, 0.3) is 0 Å². The molecule has 0 aliphatic heterocycles. The second-order valence-electron chi connectivity index (χ2n) is 11.3. The summed E-state index contributed by atoms with van der Waals surface area (Å²) in [6.07, 6.45) is 0. The molecule has 0 fully saturated rings. The SMILES string of the molecule is c1ccc(-c2nc(-c3ccc4c(c3)oc3ccccc34)nc(-n3c4ccccc4c4cc5oc6ccccc6c5cc43)n2)cc1. The van der Waals surface area contributed by atoms with Gasteiger partial charge in [-0.1, -0.05) is 91.0 Å². The predicted octanol–water partition coefficient (Wildman–Crippen LogP) is 10.1. The van der Waals surface area contributed by atoms with Crippen LogP contribution in [0.2, 0.25) is 0 Å². The lowest BCUT2D eigenvalue weighted by Gasteiger charge is -2.11. The minimum atomic E-state index is 0.543. The Bertz CT molecular complexity index is 2770. The minimum absolute atomic E-state index is 0.543. The van der Waals surface area contributed by atoms with Crippen LogP contribution in [0.4, 0.5) is 0 Å². The first kappa shape index (κ1) is 24.2. The van der Waals surface area contributed by atoms with Crippen molar-refractivity contribution in [3.8, 4) is 28.7 Å². The largest absolute Gasteiger partial charge is 0.456 e. The van der Waals surface area contributed by atoms with Crippen LogP contribution in [0.25, 0.3) is 94.4 Å². The first-order chi connectivity index (χ1) is 22.3. The van der Waals surface area contributed by atoms with Crippen LogP contribution in [0.1, 0.15) is 0 Å². The molecule has 6 heteroatoms. The Morgan fingerprint density at radius 1 is 0.378 bits per heavy atom. The van der Waals surface area contributed by atoms with Gasteiger partial charge >= 0.3 is 0 Å². The van der Waals surface area contributed by atoms with Crippen molar-refractivity contribution in [3.05, 3.63) is 133 Å². The Morgan fingerprint density at radius 2 is 0.978 bits per heavy atom. The third kappa shape index (κ3) is 3.60. The van der Waals surface area contributed by atoms with Gasteiger partial charge in [-0.25, -0.2) is 4.98 Å². The standard InChI is InChI=1S/C39H22N4O2/c1-2-10-23(11-3-1)37-40-38(24-18-19-28-26-13-5-8-16-33(26)44-35(28)20-24)42-39(41-37)43-31-15-7-4-12-25(31)29-22-36-30(21-32(29)43)27-14-6-9-17-34(27)45-36/h1-22H. The van der Waals surface area contributed by atoms with Crippen molar-refractivity contribution in [2.75, 3.05) is 0 Å². The van der Waals surface area contributed by atoms with Crippen molar-refractivity contribution in [1.29, 1.82) is 0 Å². The highest BCUT2D eigenvalue weighted by Gasteiger charge is 2.20. The minimum Gasteiger partial charge on any atom is -0.456 e. The molecule has 0 aliphatic carbocycles. The highest BCUT2D eigenvalue weighted by Crippen LogP contribution is 2.38. The van der Waals surface area contributed by atoms with Crippen LogP contribution in [0.3, 0.4) is 0 Å². The van der Waals surface area contributed by atoms with Crippen LogP contribution < -0.4 is 0 Å². The van der Waals surface area contributed by atoms with E-state index in [4.69, 9.17) is 23.8 Å². The second kappa shape index (κ2) is 9.11. The van der Waals surface area contributed by atoms with Gasteiger partial charge in [-0.05, 0) is 42.5 Å². The van der Waals surface area contributed by atoms with Crippen molar-refractivity contribution in [3.63, 3.8) is 0 Å². The van der Waals surface area contributed by atoms with Crippen LogP contribution in [0.5, 0.6) is 0 Å². The monoisotopic (exact) mass is 578 g/mol. The molecule has 0 bridgehead atoms. The Labute approximate surface area is 255 Å². The molecular weight excluding hydrogens is 556 g/mol. The molecule has 4 heterocycles. The molecule has 4 aromatic heterocycles. The van der Waals surface area contributed by atoms with E-state index >= 15 is 0 Å². The third-order valence-corrected chi connectivity index (χ3v) is 8.66. The number of hydrogen-bond donors (Lipinski definition) is 0. The number of hydrogen-bond acceptors (Lipinski definition) is 5. The Hall–Kier alpha value is -6.27. The van der Waals surface area contributed by atoms with Gasteiger partial charge in [0.05, 0.1) is 11.0 Å². The van der Waals surface area contributed by atoms with E-state index in [2.05, 4.69) is 59.2 Å². The molecular formula is C39H22N4O2. The average Bonchev–Trinajstić information content (AvgIpc) is 3.76. The summed E-state index contributed by atoms with van der Waals surface area (Å²) in [7, 11) is 0. The fourth-order valence-electron chi connectivity index (χ4n) is 6.58. The number of fused-ring (bicyclic) bond motifs is 9. The number of rotatable bonds is 3. The maximum atomic E-state index is 6.28. The normalized spacial score (nSPS) is 12.0. The maximum absolute atomic E-state index is 6.28. The highest BCUT2D eigenvalue weighted by molar-refractivity contribution is 6.17. The first-order valence-corrected chi connectivity index (χ1v) is 14.9. The van der Waals surface area contributed by atoms with E-state index in [0.29, 0.717) is 17.6 Å². The van der Waals surface area contributed by atoms with E-state index in [0.717, 1.165) is 76.8 Å². The molecule has 0 radical (unpaired) electrons. The van der Waals surface area contributed by atoms with E-state index in [1.165, 1.54) is 0 Å². The Balaban J connectivity index is 1.27. The van der Waals surface area contributed by atoms with Crippen molar-refractivity contribution in [2.45, 2.75) is 0 Å². The molecule has 0 amide bonds. The number of benzene rings is 6. The lowest BCUT2D eigenvalue weighted by Crippen LogP contribution is -2.06. The summed E-state index contributed by atoms with van der Waals surface area (Å²) in [6, 6.07) is 45.2. The topological polar surface area (TPSA) is 69.9 Å². The van der Waals surface area contributed by atoms with Crippen molar-refractivity contribution in [1.82, 2.24) is 19.5 Å². The molecule has 0 aliphatic rings. The molecule has 0 unspecified atom stereocenters. The zero-order valence-electron chi connectivity index (χ0n) is 23.8. The van der Waals surface area contributed by atoms with E-state index in [9.17, 15) is 0 Å². The fourth-order valence-corrected chi connectivity index (χ4v) is 6.58. The molecule has 10 rings (SSSR count). The zero-order chi connectivity index (χ0) is 29.5. The molecule has 0 saturated heterocycles. The van der Waals surface area contributed by atoms with Gasteiger partial charge < -0.3 is 8.83 Å². The summed E-state index contributed by atoms with van der Waals surface area (Å²) in [6.45, 7) is 0. The summed E-state index contributed by atoms with van der Waals surface area (Å²) in [5.74, 6) is 1.71. The number of aromatic nitrogens is 4. The summed E-state index contributed by atoms with van der Waals surface area (Å²) >= 11 is 0. The van der Waals surface area contributed by atoms with Gasteiger partial charge in [0.15, 0.2) is 11.6 Å². The molecule has 45 heavy (non-hydrogen) atoms. The highest BCUT2D eigenvalue weighted by atomic mass is 16.3.